The minimum atomic E-state index is 0.301. The summed E-state index contributed by atoms with van der Waals surface area (Å²) in [5, 5.41) is 3.57. The molecule has 0 bridgehead atoms. The number of aliphatic imine (C=N–C) groups is 1. The van der Waals surface area contributed by atoms with E-state index in [1.807, 2.05) is 6.07 Å². The van der Waals surface area contributed by atoms with Gasteiger partial charge in [-0.1, -0.05) is 48.4 Å². The average Bonchev–Trinajstić information content (AvgIpc) is 2.53. The van der Waals surface area contributed by atoms with Crippen LogP contribution in [0.2, 0.25) is 5.02 Å². The molecular formula is C18H22ClN3O. The molecule has 0 fully saturated rings. The van der Waals surface area contributed by atoms with Gasteiger partial charge in [-0.3, -0.25) is 4.99 Å². The van der Waals surface area contributed by atoms with Gasteiger partial charge in [-0.05, 0) is 30.7 Å². The van der Waals surface area contributed by atoms with Crippen LogP contribution in [0.5, 0.6) is 5.75 Å². The van der Waals surface area contributed by atoms with Gasteiger partial charge in [0.1, 0.15) is 5.75 Å². The second-order valence-electron chi connectivity index (χ2n) is 5.52. The summed E-state index contributed by atoms with van der Waals surface area (Å²) in [6.07, 6.45) is 0. The summed E-state index contributed by atoms with van der Waals surface area (Å²) in [6.45, 7) is 4.84. The molecule has 0 aliphatic rings. The van der Waals surface area contributed by atoms with Crippen LogP contribution in [0.25, 0.3) is 0 Å². The van der Waals surface area contributed by atoms with Crippen LogP contribution in [0.4, 0.5) is 5.69 Å². The number of benzene rings is 2. The average molecular weight is 332 g/mol. The molecule has 1 unspecified atom stereocenters. The zero-order valence-electron chi connectivity index (χ0n) is 13.6. The summed E-state index contributed by atoms with van der Waals surface area (Å²) >= 11 is 6.09. The van der Waals surface area contributed by atoms with Gasteiger partial charge in [0.2, 0.25) is 0 Å². The van der Waals surface area contributed by atoms with Crippen molar-refractivity contribution < 1.29 is 4.74 Å². The molecule has 3 N–H and O–H groups in total. The summed E-state index contributed by atoms with van der Waals surface area (Å²) in [6, 6.07) is 13.8. The fourth-order valence-corrected chi connectivity index (χ4v) is 2.51. The Labute approximate surface area is 142 Å². The highest BCUT2D eigenvalue weighted by Crippen LogP contribution is 2.27. The maximum atomic E-state index is 6.09. The van der Waals surface area contributed by atoms with E-state index in [1.165, 1.54) is 11.1 Å². The first-order chi connectivity index (χ1) is 11.0. The zero-order valence-corrected chi connectivity index (χ0v) is 14.4. The SMILES string of the molecule is COc1ccc(NC(N)=NCC(C)c2cccc(C)c2)cc1Cl. The molecule has 0 spiro atoms. The van der Waals surface area contributed by atoms with Gasteiger partial charge in [0.05, 0.1) is 12.1 Å². The van der Waals surface area contributed by atoms with E-state index in [0.717, 1.165) is 5.69 Å². The van der Waals surface area contributed by atoms with Crippen LogP contribution in [0.1, 0.15) is 24.0 Å². The maximum absolute atomic E-state index is 6.09. The Morgan fingerprint density at radius 3 is 2.74 bits per heavy atom. The lowest BCUT2D eigenvalue weighted by atomic mass is 10.00. The Hall–Kier alpha value is -2.20. The van der Waals surface area contributed by atoms with Crippen molar-refractivity contribution in [3.8, 4) is 5.75 Å². The third kappa shape index (κ3) is 4.89. The van der Waals surface area contributed by atoms with Gasteiger partial charge < -0.3 is 15.8 Å². The van der Waals surface area contributed by atoms with E-state index < -0.39 is 0 Å². The van der Waals surface area contributed by atoms with E-state index >= 15 is 0 Å². The number of hydrogen-bond donors (Lipinski definition) is 2. The van der Waals surface area contributed by atoms with Crippen molar-refractivity contribution in [2.45, 2.75) is 19.8 Å². The molecule has 0 saturated heterocycles. The van der Waals surface area contributed by atoms with Crippen LogP contribution in [0.3, 0.4) is 0 Å². The largest absolute Gasteiger partial charge is 0.495 e. The van der Waals surface area contributed by atoms with Crippen molar-refractivity contribution in [3.05, 3.63) is 58.6 Å². The Balaban J connectivity index is 1.98. The number of nitrogens with zero attached hydrogens (tertiary/aromatic N) is 1. The predicted molar refractivity (Wildman–Crippen MR) is 97.7 cm³/mol. The molecule has 4 nitrogen and oxygen atoms in total. The molecule has 2 rings (SSSR count). The van der Waals surface area contributed by atoms with Crippen molar-refractivity contribution in [3.63, 3.8) is 0 Å². The predicted octanol–water partition coefficient (Wildman–Crippen LogP) is 4.19. The number of hydrogen-bond acceptors (Lipinski definition) is 2. The summed E-state index contributed by atoms with van der Waals surface area (Å²) < 4.78 is 5.12. The lowest BCUT2D eigenvalue weighted by molar-refractivity contribution is 0.415. The van der Waals surface area contributed by atoms with Gasteiger partial charge in [0.15, 0.2) is 5.96 Å². The van der Waals surface area contributed by atoms with Crippen molar-refractivity contribution in [2.75, 3.05) is 19.0 Å². The number of anilines is 1. The highest BCUT2D eigenvalue weighted by molar-refractivity contribution is 6.32. The van der Waals surface area contributed by atoms with Crippen LogP contribution in [-0.4, -0.2) is 19.6 Å². The number of nitrogens with one attached hydrogen (secondary N) is 1. The number of ether oxygens (including phenoxy) is 1. The topological polar surface area (TPSA) is 59.6 Å². The van der Waals surface area contributed by atoms with Crippen LogP contribution >= 0.6 is 11.6 Å². The number of nitrogens with two attached hydrogens (primary N) is 1. The van der Waals surface area contributed by atoms with Crippen LogP contribution in [0.15, 0.2) is 47.5 Å². The Morgan fingerprint density at radius 1 is 1.30 bits per heavy atom. The van der Waals surface area contributed by atoms with Crippen molar-refractivity contribution in [2.24, 2.45) is 10.7 Å². The monoisotopic (exact) mass is 331 g/mol. The molecule has 0 amide bonds. The molecule has 0 saturated carbocycles. The second-order valence-corrected chi connectivity index (χ2v) is 5.92. The molecule has 0 heterocycles. The summed E-state index contributed by atoms with van der Waals surface area (Å²) in [4.78, 5) is 4.41. The first-order valence-electron chi connectivity index (χ1n) is 7.46. The van der Waals surface area contributed by atoms with E-state index in [0.29, 0.717) is 29.2 Å². The lowest BCUT2D eigenvalue weighted by Crippen LogP contribution is -2.23. The fraction of sp³-hybridized carbons (Fsp3) is 0.278. The zero-order chi connectivity index (χ0) is 16.8. The Bertz CT molecular complexity index is 700. The summed E-state index contributed by atoms with van der Waals surface area (Å²) in [5.41, 5.74) is 9.23. The number of methoxy groups -OCH3 is 1. The molecule has 2 aromatic rings. The van der Waals surface area contributed by atoms with Gasteiger partial charge in [0, 0.05) is 18.2 Å². The molecule has 0 aliphatic carbocycles. The van der Waals surface area contributed by atoms with Crippen LogP contribution in [0, 0.1) is 6.92 Å². The maximum Gasteiger partial charge on any atom is 0.193 e. The van der Waals surface area contributed by atoms with Gasteiger partial charge in [-0.25, -0.2) is 0 Å². The first kappa shape index (κ1) is 17.2. The molecule has 0 aromatic heterocycles. The molecular weight excluding hydrogens is 310 g/mol. The first-order valence-corrected chi connectivity index (χ1v) is 7.84. The summed E-state index contributed by atoms with van der Waals surface area (Å²) in [7, 11) is 1.58. The Morgan fingerprint density at radius 2 is 2.09 bits per heavy atom. The molecule has 5 heteroatoms. The number of rotatable bonds is 5. The standard InChI is InChI=1S/C18H22ClN3O/c1-12-5-4-6-14(9-12)13(2)11-21-18(20)22-15-7-8-17(23-3)16(19)10-15/h4-10,13H,11H2,1-3H3,(H3,20,21,22). The third-order valence-electron chi connectivity index (χ3n) is 3.57. The lowest BCUT2D eigenvalue weighted by Gasteiger charge is -2.12. The highest BCUT2D eigenvalue weighted by atomic mass is 35.5. The normalized spacial score (nSPS) is 12.8. The molecule has 0 radical (unpaired) electrons. The second kappa shape index (κ2) is 7.88. The number of aryl methyl sites for hydroxylation is 1. The number of halogens is 1. The quantitative estimate of drug-likeness (QED) is 0.638. The molecule has 23 heavy (non-hydrogen) atoms. The minimum absolute atomic E-state index is 0.301. The van der Waals surface area contributed by atoms with Crippen LogP contribution in [-0.2, 0) is 0 Å². The van der Waals surface area contributed by atoms with E-state index in [2.05, 4.69) is 48.4 Å². The van der Waals surface area contributed by atoms with Gasteiger partial charge in [-0.2, -0.15) is 0 Å². The smallest absolute Gasteiger partial charge is 0.193 e. The summed E-state index contributed by atoms with van der Waals surface area (Å²) in [5.74, 6) is 1.29. The minimum Gasteiger partial charge on any atom is -0.495 e. The van der Waals surface area contributed by atoms with E-state index in [1.54, 1.807) is 19.2 Å². The molecule has 1 atom stereocenters. The van der Waals surface area contributed by atoms with E-state index in [4.69, 9.17) is 22.1 Å². The van der Waals surface area contributed by atoms with Crippen molar-refractivity contribution in [1.29, 1.82) is 0 Å². The Kier molecular flexibility index (Phi) is 5.88. The highest BCUT2D eigenvalue weighted by Gasteiger charge is 2.06. The van der Waals surface area contributed by atoms with Gasteiger partial charge >= 0.3 is 0 Å². The van der Waals surface area contributed by atoms with Crippen molar-refractivity contribution in [1.82, 2.24) is 0 Å². The van der Waals surface area contributed by atoms with Crippen LogP contribution < -0.4 is 15.8 Å². The van der Waals surface area contributed by atoms with E-state index in [-0.39, 0.29) is 0 Å². The van der Waals surface area contributed by atoms with E-state index in [9.17, 15) is 0 Å². The third-order valence-corrected chi connectivity index (χ3v) is 3.87. The fourth-order valence-electron chi connectivity index (χ4n) is 2.25. The molecule has 122 valence electrons. The molecule has 2 aromatic carbocycles. The molecule has 0 aliphatic heterocycles. The number of guanidine groups is 1. The van der Waals surface area contributed by atoms with Crippen molar-refractivity contribution >= 4 is 23.2 Å². The van der Waals surface area contributed by atoms with Gasteiger partial charge in [-0.15, -0.1) is 0 Å². The van der Waals surface area contributed by atoms with Gasteiger partial charge in [0.25, 0.3) is 0 Å².